The molecule has 1 aromatic rings. The molecule has 3 N–H and O–H groups in total. The molecule has 0 unspecified atom stereocenters. The molecule has 17 heavy (non-hydrogen) atoms. The first-order valence-corrected chi connectivity index (χ1v) is 7.15. The molecule has 1 saturated carbocycles. The smallest absolute Gasteiger partial charge is 0.240 e. The van der Waals surface area contributed by atoms with Crippen LogP contribution in [0.15, 0.2) is 10.8 Å². The number of hydrogen-bond acceptors (Lipinski definition) is 3. The summed E-state index contributed by atoms with van der Waals surface area (Å²) in [6.07, 6.45) is 4.99. The maximum Gasteiger partial charge on any atom is 0.240 e. The van der Waals surface area contributed by atoms with Crippen molar-refractivity contribution in [1.82, 2.24) is 5.32 Å². The van der Waals surface area contributed by atoms with Crippen molar-refractivity contribution in [3.63, 3.8) is 0 Å². The SMILES string of the molecule is Cc1cscc1CNC(=O)C1(N)CCCCC1. The molecule has 0 aromatic carbocycles. The van der Waals surface area contributed by atoms with Crippen LogP contribution in [0.25, 0.3) is 0 Å². The maximum atomic E-state index is 12.1. The molecule has 1 fully saturated rings. The minimum absolute atomic E-state index is 0.0165. The van der Waals surface area contributed by atoms with Crippen LogP contribution in [0.3, 0.4) is 0 Å². The van der Waals surface area contributed by atoms with Crippen molar-refractivity contribution in [1.29, 1.82) is 0 Å². The highest BCUT2D eigenvalue weighted by Crippen LogP contribution is 2.26. The van der Waals surface area contributed by atoms with E-state index in [0.717, 1.165) is 25.7 Å². The van der Waals surface area contributed by atoms with Gasteiger partial charge in [-0.3, -0.25) is 4.79 Å². The van der Waals surface area contributed by atoms with E-state index in [2.05, 4.69) is 23.0 Å². The van der Waals surface area contributed by atoms with Gasteiger partial charge in [0.05, 0.1) is 5.54 Å². The summed E-state index contributed by atoms with van der Waals surface area (Å²) in [6.45, 7) is 2.67. The number of carbonyl (C=O) groups excluding carboxylic acids is 1. The zero-order chi connectivity index (χ0) is 12.3. The van der Waals surface area contributed by atoms with E-state index in [9.17, 15) is 4.79 Å². The lowest BCUT2D eigenvalue weighted by Gasteiger charge is -2.31. The number of aryl methyl sites for hydroxylation is 1. The molecule has 1 aliphatic rings. The average Bonchev–Trinajstić information content (AvgIpc) is 2.73. The van der Waals surface area contributed by atoms with Crippen molar-refractivity contribution in [2.45, 2.75) is 51.1 Å². The lowest BCUT2D eigenvalue weighted by atomic mass is 9.82. The summed E-state index contributed by atoms with van der Waals surface area (Å²) in [5, 5.41) is 7.16. The second-order valence-corrected chi connectivity index (χ2v) is 5.72. The van der Waals surface area contributed by atoms with Gasteiger partial charge in [-0.15, -0.1) is 0 Å². The van der Waals surface area contributed by atoms with Crippen molar-refractivity contribution in [2.24, 2.45) is 5.73 Å². The highest BCUT2D eigenvalue weighted by molar-refractivity contribution is 7.08. The number of nitrogens with two attached hydrogens (primary N) is 1. The molecule has 94 valence electrons. The highest BCUT2D eigenvalue weighted by Gasteiger charge is 2.34. The fourth-order valence-electron chi connectivity index (χ4n) is 2.33. The molecule has 1 aromatic heterocycles. The second-order valence-electron chi connectivity index (χ2n) is 4.98. The van der Waals surface area contributed by atoms with E-state index in [1.807, 2.05) is 0 Å². The summed E-state index contributed by atoms with van der Waals surface area (Å²) >= 11 is 1.67. The topological polar surface area (TPSA) is 55.1 Å². The summed E-state index contributed by atoms with van der Waals surface area (Å²) in [4.78, 5) is 12.1. The lowest BCUT2D eigenvalue weighted by Crippen LogP contribution is -2.54. The van der Waals surface area contributed by atoms with Crippen LogP contribution in [0.5, 0.6) is 0 Å². The molecule has 0 aliphatic heterocycles. The molecule has 0 spiro atoms. The van der Waals surface area contributed by atoms with Crippen LogP contribution in [-0.2, 0) is 11.3 Å². The van der Waals surface area contributed by atoms with Crippen LogP contribution in [-0.4, -0.2) is 11.4 Å². The Morgan fingerprint density at radius 2 is 2.12 bits per heavy atom. The third-order valence-electron chi connectivity index (χ3n) is 3.60. The molecule has 0 bridgehead atoms. The third-order valence-corrected chi connectivity index (χ3v) is 4.51. The quantitative estimate of drug-likeness (QED) is 0.867. The molecule has 4 heteroatoms. The minimum atomic E-state index is -0.623. The first-order chi connectivity index (χ1) is 8.12. The molecule has 0 radical (unpaired) electrons. The summed E-state index contributed by atoms with van der Waals surface area (Å²) in [7, 11) is 0. The third kappa shape index (κ3) is 2.87. The Balaban J connectivity index is 1.91. The van der Waals surface area contributed by atoms with E-state index >= 15 is 0 Å². The predicted octanol–water partition coefficient (Wildman–Crippen LogP) is 2.33. The normalized spacial score (nSPS) is 18.9. The van der Waals surface area contributed by atoms with Crippen molar-refractivity contribution in [2.75, 3.05) is 0 Å². The van der Waals surface area contributed by atoms with Crippen LogP contribution in [0, 0.1) is 6.92 Å². The fraction of sp³-hybridized carbons (Fsp3) is 0.615. The van der Waals surface area contributed by atoms with E-state index in [1.54, 1.807) is 11.3 Å². The number of carbonyl (C=O) groups is 1. The van der Waals surface area contributed by atoms with E-state index in [1.165, 1.54) is 17.5 Å². The number of hydrogen-bond donors (Lipinski definition) is 2. The van der Waals surface area contributed by atoms with Crippen LogP contribution in [0.1, 0.15) is 43.2 Å². The Kier molecular flexibility index (Phi) is 3.84. The van der Waals surface area contributed by atoms with Gasteiger partial charge in [0.15, 0.2) is 0 Å². The number of thiophene rings is 1. The fourth-order valence-corrected chi connectivity index (χ4v) is 3.19. The largest absolute Gasteiger partial charge is 0.350 e. The van der Waals surface area contributed by atoms with Gasteiger partial charge in [0.25, 0.3) is 0 Å². The molecule has 0 saturated heterocycles. The first kappa shape index (κ1) is 12.6. The standard InChI is InChI=1S/C13H20N2OS/c1-10-8-17-9-11(10)7-15-12(16)13(14)5-3-2-4-6-13/h8-9H,2-7,14H2,1H3,(H,15,16). The van der Waals surface area contributed by atoms with Crippen molar-refractivity contribution < 1.29 is 4.79 Å². The van der Waals surface area contributed by atoms with Crippen molar-refractivity contribution in [3.05, 3.63) is 21.9 Å². The van der Waals surface area contributed by atoms with Gasteiger partial charge >= 0.3 is 0 Å². The molecular weight excluding hydrogens is 232 g/mol. The monoisotopic (exact) mass is 252 g/mol. The van der Waals surface area contributed by atoms with Gasteiger partial charge in [-0.1, -0.05) is 19.3 Å². The van der Waals surface area contributed by atoms with Gasteiger partial charge in [-0.2, -0.15) is 11.3 Å². The van der Waals surface area contributed by atoms with Crippen LogP contribution in [0.4, 0.5) is 0 Å². The molecule has 2 rings (SSSR count). The molecule has 1 heterocycles. The van der Waals surface area contributed by atoms with Gasteiger partial charge in [-0.05, 0) is 41.7 Å². The number of rotatable bonds is 3. The van der Waals surface area contributed by atoms with Crippen molar-refractivity contribution >= 4 is 17.2 Å². The van der Waals surface area contributed by atoms with Crippen LogP contribution >= 0.6 is 11.3 Å². The molecule has 3 nitrogen and oxygen atoms in total. The summed E-state index contributed by atoms with van der Waals surface area (Å²) < 4.78 is 0. The summed E-state index contributed by atoms with van der Waals surface area (Å²) in [6, 6.07) is 0. The number of amides is 1. The Bertz CT molecular complexity index is 394. The zero-order valence-corrected chi connectivity index (χ0v) is 11.1. The van der Waals surface area contributed by atoms with E-state index < -0.39 is 5.54 Å². The average molecular weight is 252 g/mol. The molecule has 1 aliphatic carbocycles. The van der Waals surface area contributed by atoms with Gasteiger partial charge in [0.2, 0.25) is 5.91 Å². The first-order valence-electron chi connectivity index (χ1n) is 6.21. The number of nitrogens with one attached hydrogen (secondary N) is 1. The minimum Gasteiger partial charge on any atom is -0.350 e. The molecule has 0 atom stereocenters. The van der Waals surface area contributed by atoms with E-state index in [4.69, 9.17) is 5.73 Å². The Labute approximate surface area is 106 Å². The Morgan fingerprint density at radius 3 is 2.71 bits per heavy atom. The van der Waals surface area contributed by atoms with Gasteiger partial charge in [0.1, 0.15) is 0 Å². The van der Waals surface area contributed by atoms with Crippen molar-refractivity contribution in [3.8, 4) is 0 Å². The van der Waals surface area contributed by atoms with E-state index in [0.29, 0.717) is 6.54 Å². The predicted molar refractivity (Wildman–Crippen MR) is 70.9 cm³/mol. The maximum absolute atomic E-state index is 12.1. The summed E-state index contributed by atoms with van der Waals surface area (Å²) in [5.41, 5.74) is 7.99. The second kappa shape index (κ2) is 5.19. The summed E-state index contributed by atoms with van der Waals surface area (Å²) in [5.74, 6) is 0.0165. The van der Waals surface area contributed by atoms with Crippen LogP contribution in [0.2, 0.25) is 0 Å². The van der Waals surface area contributed by atoms with E-state index in [-0.39, 0.29) is 5.91 Å². The van der Waals surface area contributed by atoms with Gasteiger partial charge in [-0.25, -0.2) is 0 Å². The van der Waals surface area contributed by atoms with Gasteiger partial charge in [0, 0.05) is 6.54 Å². The van der Waals surface area contributed by atoms with Crippen LogP contribution < -0.4 is 11.1 Å². The van der Waals surface area contributed by atoms with Gasteiger partial charge < -0.3 is 11.1 Å². The Hall–Kier alpha value is -0.870. The molecule has 1 amide bonds. The molecular formula is C13H20N2OS. The zero-order valence-electron chi connectivity index (χ0n) is 10.3. The Morgan fingerprint density at radius 1 is 1.41 bits per heavy atom. The highest BCUT2D eigenvalue weighted by atomic mass is 32.1. The lowest BCUT2D eigenvalue weighted by molar-refractivity contribution is -0.127.